The predicted octanol–water partition coefficient (Wildman–Crippen LogP) is 6.80. The van der Waals surface area contributed by atoms with Gasteiger partial charge >= 0.3 is 0 Å². The highest BCUT2D eigenvalue weighted by Gasteiger charge is 2.67. The Balaban J connectivity index is 1.38. The molecule has 47 heavy (non-hydrogen) atoms. The summed E-state index contributed by atoms with van der Waals surface area (Å²) in [6.45, 7) is 3.79. The molecule has 0 unspecified atom stereocenters. The molecule has 2 saturated heterocycles. The zero-order valence-corrected chi connectivity index (χ0v) is 28.7. The number of amides is 4. The standard InChI is InChI=1S/C36H31ClFIN2O6/c1-4-17-5-7-19(8-6-17)40-32(43)22-11-10-21-23(29(22)34(40)45)16-24-33(44)41(20-9-12-26(38)25(37)15-20)35(46)36(24,2)30(21)18-13-27(39)31(42)28(14-18)47-3/h5-10,12-15,22-24,29-30,42H,4,11,16H2,1-3H3/t22-,23+,24-,29-,30-,36+/m0/s1. The minimum atomic E-state index is -1.32. The molecule has 0 aromatic heterocycles. The normalized spacial score (nSPS) is 28.3. The average molecular weight is 769 g/mol. The molecule has 0 bridgehead atoms. The van der Waals surface area contributed by atoms with Crippen LogP contribution in [0.5, 0.6) is 11.5 Å². The van der Waals surface area contributed by atoms with Crippen LogP contribution in [-0.4, -0.2) is 35.8 Å². The number of anilines is 2. The SMILES string of the molecule is CCc1ccc(N2C(=O)[C@H]3[C@H](CC=C4[C@H]3C[C@H]3C(=O)N(c5ccc(F)c(Cl)c5)C(=O)[C@@]3(C)[C@H]4c3cc(I)c(O)c(OC)c3)C2=O)cc1. The van der Waals surface area contributed by atoms with Crippen LogP contribution in [0, 0.1) is 38.5 Å². The fourth-order valence-electron chi connectivity index (χ4n) is 8.32. The molecule has 2 heterocycles. The second-order valence-corrected chi connectivity index (χ2v) is 14.4. The maximum Gasteiger partial charge on any atom is 0.241 e. The number of hydrogen-bond acceptors (Lipinski definition) is 6. The van der Waals surface area contributed by atoms with Gasteiger partial charge in [0.25, 0.3) is 0 Å². The molecule has 2 aliphatic heterocycles. The Kier molecular flexibility index (Phi) is 7.74. The van der Waals surface area contributed by atoms with Gasteiger partial charge in [-0.15, -0.1) is 0 Å². The van der Waals surface area contributed by atoms with Crippen LogP contribution in [0.15, 0.2) is 66.2 Å². The molecule has 4 aliphatic rings. The van der Waals surface area contributed by atoms with Crippen LogP contribution in [0.4, 0.5) is 15.8 Å². The van der Waals surface area contributed by atoms with E-state index in [1.54, 1.807) is 31.2 Å². The molecule has 11 heteroatoms. The van der Waals surface area contributed by atoms with Crippen molar-refractivity contribution in [1.29, 1.82) is 0 Å². The lowest BCUT2D eigenvalue weighted by molar-refractivity contribution is -0.131. The molecule has 3 aromatic rings. The third kappa shape index (κ3) is 4.57. The fraction of sp³-hybridized carbons (Fsp3) is 0.333. The van der Waals surface area contributed by atoms with Gasteiger partial charge in [-0.2, -0.15) is 0 Å². The van der Waals surface area contributed by atoms with Gasteiger partial charge in [0.1, 0.15) is 5.82 Å². The van der Waals surface area contributed by atoms with E-state index in [1.165, 1.54) is 24.1 Å². The van der Waals surface area contributed by atoms with E-state index in [9.17, 15) is 28.7 Å². The number of halogens is 3. The molecular weight excluding hydrogens is 738 g/mol. The summed E-state index contributed by atoms with van der Waals surface area (Å²) in [7, 11) is 1.43. The van der Waals surface area contributed by atoms with Gasteiger partial charge in [0, 0.05) is 5.92 Å². The molecule has 4 amide bonds. The minimum Gasteiger partial charge on any atom is -0.504 e. The number of carbonyl (C=O) groups is 4. The molecule has 0 spiro atoms. The van der Waals surface area contributed by atoms with Crippen LogP contribution in [0.3, 0.4) is 0 Å². The molecule has 3 aromatic carbocycles. The summed E-state index contributed by atoms with van der Waals surface area (Å²) in [6, 6.07) is 14.5. The highest BCUT2D eigenvalue weighted by atomic mass is 127. The zero-order valence-electron chi connectivity index (χ0n) is 25.8. The first kappa shape index (κ1) is 31.8. The number of nitrogens with zero attached hydrogens (tertiary/aromatic N) is 2. The van der Waals surface area contributed by atoms with E-state index < -0.39 is 52.6 Å². The van der Waals surface area contributed by atoms with Crippen LogP contribution in [0.2, 0.25) is 5.02 Å². The lowest BCUT2D eigenvalue weighted by Gasteiger charge is -2.49. The molecule has 2 aliphatic carbocycles. The third-order valence-corrected chi connectivity index (χ3v) is 11.8. The molecular formula is C36H31ClFIN2O6. The van der Waals surface area contributed by atoms with Crippen LogP contribution < -0.4 is 14.5 Å². The smallest absolute Gasteiger partial charge is 0.241 e. The molecule has 1 saturated carbocycles. The Hall–Kier alpha value is -3.77. The Morgan fingerprint density at radius 1 is 0.979 bits per heavy atom. The quantitative estimate of drug-likeness (QED) is 0.174. The van der Waals surface area contributed by atoms with Crippen molar-refractivity contribution in [3.05, 3.63) is 91.8 Å². The summed E-state index contributed by atoms with van der Waals surface area (Å²) in [5, 5.41) is 10.5. The number of aryl methyl sites for hydroxylation is 1. The van der Waals surface area contributed by atoms with Gasteiger partial charge in [0.05, 0.1) is 50.2 Å². The summed E-state index contributed by atoms with van der Waals surface area (Å²) in [5.41, 5.74) is 1.86. The highest BCUT2D eigenvalue weighted by molar-refractivity contribution is 14.1. The first-order valence-electron chi connectivity index (χ1n) is 15.5. The lowest BCUT2D eigenvalue weighted by Crippen LogP contribution is -2.48. The predicted molar refractivity (Wildman–Crippen MR) is 182 cm³/mol. The summed E-state index contributed by atoms with van der Waals surface area (Å²) >= 11 is 8.09. The molecule has 6 atom stereocenters. The number of fused-ring (bicyclic) bond motifs is 4. The second-order valence-electron chi connectivity index (χ2n) is 12.8. The topological polar surface area (TPSA) is 104 Å². The van der Waals surface area contributed by atoms with Crippen molar-refractivity contribution < 1.29 is 33.4 Å². The van der Waals surface area contributed by atoms with Crippen molar-refractivity contribution in [2.75, 3.05) is 16.9 Å². The van der Waals surface area contributed by atoms with Crippen molar-refractivity contribution in [2.24, 2.45) is 29.1 Å². The fourth-order valence-corrected chi connectivity index (χ4v) is 9.12. The van der Waals surface area contributed by atoms with Crippen molar-refractivity contribution in [3.8, 4) is 11.5 Å². The monoisotopic (exact) mass is 768 g/mol. The van der Waals surface area contributed by atoms with Crippen LogP contribution in [0.25, 0.3) is 0 Å². The van der Waals surface area contributed by atoms with Gasteiger partial charge in [-0.25, -0.2) is 9.29 Å². The minimum absolute atomic E-state index is 0.0543. The Morgan fingerprint density at radius 3 is 2.34 bits per heavy atom. The van der Waals surface area contributed by atoms with Crippen molar-refractivity contribution >= 4 is 69.2 Å². The van der Waals surface area contributed by atoms with Gasteiger partial charge in [-0.3, -0.25) is 24.1 Å². The second kappa shape index (κ2) is 11.4. The summed E-state index contributed by atoms with van der Waals surface area (Å²) in [4.78, 5) is 59.4. The molecule has 3 fully saturated rings. The molecule has 0 radical (unpaired) electrons. The molecule has 8 nitrogen and oxygen atoms in total. The number of imide groups is 2. The van der Waals surface area contributed by atoms with Crippen molar-refractivity contribution in [2.45, 2.75) is 39.0 Å². The van der Waals surface area contributed by atoms with Crippen molar-refractivity contribution in [3.63, 3.8) is 0 Å². The molecule has 7 rings (SSSR count). The van der Waals surface area contributed by atoms with Gasteiger partial charge in [-0.1, -0.05) is 42.3 Å². The number of aromatic hydroxyl groups is 1. The van der Waals surface area contributed by atoms with Crippen molar-refractivity contribution in [1.82, 2.24) is 0 Å². The average Bonchev–Trinajstić information content (AvgIpc) is 3.43. The third-order valence-electron chi connectivity index (χ3n) is 10.6. The Bertz CT molecular complexity index is 1910. The Labute approximate surface area is 289 Å². The van der Waals surface area contributed by atoms with Gasteiger partial charge in [-0.05, 0) is 108 Å². The van der Waals surface area contributed by atoms with E-state index in [1.807, 2.05) is 47.7 Å². The number of phenols is 1. The molecule has 1 N–H and O–H groups in total. The van der Waals surface area contributed by atoms with E-state index >= 15 is 0 Å². The van der Waals surface area contributed by atoms with E-state index in [-0.39, 0.29) is 40.4 Å². The molecule has 242 valence electrons. The van der Waals surface area contributed by atoms with Gasteiger partial charge in [0.2, 0.25) is 23.6 Å². The Morgan fingerprint density at radius 2 is 1.68 bits per heavy atom. The number of allylic oxidation sites excluding steroid dienone is 2. The van der Waals surface area contributed by atoms with E-state index in [2.05, 4.69) is 0 Å². The van der Waals surface area contributed by atoms with Crippen LogP contribution >= 0.6 is 34.2 Å². The van der Waals surface area contributed by atoms with E-state index in [4.69, 9.17) is 16.3 Å². The maximum absolute atomic E-state index is 14.6. The largest absolute Gasteiger partial charge is 0.504 e. The summed E-state index contributed by atoms with van der Waals surface area (Å²) < 4.78 is 20.1. The number of rotatable bonds is 5. The van der Waals surface area contributed by atoms with Crippen LogP contribution in [-0.2, 0) is 25.6 Å². The number of benzene rings is 3. The number of hydrogen-bond donors (Lipinski definition) is 1. The number of methoxy groups -OCH3 is 1. The number of ether oxygens (including phenoxy) is 1. The first-order chi connectivity index (χ1) is 22.4. The van der Waals surface area contributed by atoms with E-state index in [0.717, 1.165) is 28.5 Å². The first-order valence-corrected chi connectivity index (χ1v) is 16.9. The van der Waals surface area contributed by atoms with Gasteiger partial charge in [0.15, 0.2) is 11.5 Å². The highest BCUT2D eigenvalue weighted by Crippen LogP contribution is 2.64. The summed E-state index contributed by atoms with van der Waals surface area (Å²) in [6.07, 6.45) is 3.25. The number of phenolic OH excluding ortho intramolecular Hbond substituents is 1. The zero-order chi connectivity index (χ0) is 33.5. The van der Waals surface area contributed by atoms with Gasteiger partial charge < -0.3 is 9.84 Å². The lowest BCUT2D eigenvalue weighted by atomic mass is 9.51. The summed E-state index contributed by atoms with van der Waals surface area (Å²) in [5.74, 6) is -5.50. The van der Waals surface area contributed by atoms with Crippen LogP contribution in [0.1, 0.15) is 43.7 Å². The number of carbonyl (C=O) groups excluding carboxylic acids is 4. The van der Waals surface area contributed by atoms with E-state index in [0.29, 0.717) is 21.2 Å². The maximum atomic E-state index is 14.6.